The molecule has 0 fully saturated rings. The lowest BCUT2D eigenvalue weighted by atomic mass is 10.1. The first-order valence-electron chi connectivity index (χ1n) is 7.32. The van der Waals surface area contributed by atoms with Crippen molar-refractivity contribution >= 4 is 23.2 Å². The van der Waals surface area contributed by atoms with Crippen molar-refractivity contribution in [2.24, 2.45) is 0 Å². The van der Waals surface area contributed by atoms with E-state index >= 15 is 0 Å². The smallest absolute Gasteiger partial charge is 0.224 e. The number of halogens is 1. The van der Waals surface area contributed by atoms with Crippen molar-refractivity contribution in [1.29, 1.82) is 0 Å². The van der Waals surface area contributed by atoms with Crippen LogP contribution in [0.3, 0.4) is 0 Å². The number of rotatable bonds is 6. The largest absolute Gasteiger partial charge is 0.326 e. The summed E-state index contributed by atoms with van der Waals surface area (Å²) in [5.74, 6) is 0.00567. The minimum Gasteiger partial charge on any atom is -0.326 e. The van der Waals surface area contributed by atoms with Crippen molar-refractivity contribution in [3.63, 3.8) is 0 Å². The second-order valence-electron chi connectivity index (χ2n) is 5.53. The zero-order valence-corrected chi connectivity index (χ0v) is 13.7. The van der Waals surface area contributed by atoms with E-state index in [1.165, 1.54) is 0 Å². The van der Waals surface area contributed by atoms with E-state index in [1.807, 2.05) is 62.6 Å². The number of amides is 1. The molecule has 22 heavy (non-hydrogen) atoms. The zero-order chi connectivity index (χ0) is 15.9. The SMILES string of the molecule is CN(C)Cc1ccccc1NC(=O)CCc1ccccc1Cl. The molecule has 0 heterocycles. The molecule has 2 rings (SSSR count). The molecule has 1 N–H and O–H groups in total. The Bertz CT molecular complexity index is 640. The van der Waals surface area contributed by atoms with Gasteiger partial charge in [-0.2, -0.15) is 0 Å². The first-order valence-corrected chi connectivity index (χ1v) is 7.70. The second kappa shape index (κ2) is 7.97. The Hall–Kier alpha value is -1.84. The van der Waals surface area contributed by atoms with Crippen LogP contribution < -0.4 is 5.32 Å². The number of carbonyl (C=O) groups is 1. The molecule has 4 heteroatoms. The molecular formula is C18H21ClN2O. The van der Waals surface area contributed by atoms with Gasteiger partial charge in [-0.3, -0.25) is 4.79 Å². The fraction of sp³-hybridized carbons (Fsp3) is 0.278. The van der Waals surface area contributed by atoms with E-state index in [1.54, 1.807) is 0 Å². The molecule has 0 radical (unpaired) electrons. The van der Waals surface area contributed by atoms with Crippen LogP contribution in [-0.4, -0.2) is 24.9 Å². The van der Waals surface area contributed by atoms with Crippen molar-refractivity contribution in [3.8, 4) is 0 Å². The van der Waals surface area contributed by atoms with Crippen LogP contribution in [0.4, 0.5) is 5.69 Å². The Balaban J connectivity index is 1.96. The van der Waals surface area contributed by atoms with Gasteiger partial charge in [0.2, 0.25) is 5.91 Å². The van der Waals surface area contributed by atoms with E-state index < -0.39 is 0 Å². The highest BCUT2D eigenvalue weighted by molar-refractivity contribution is 6.31. The van der Waals surface area contributed by atoms with Gasteiger partial charge in [0.15, 0.2) is 0 Å². The van der Waals surface area contributed by atoms with Crippen molar-refractivity contribution in [2.45, 2.75) is 19.4 Å². The molecule has 0 unspecified atom stereocenters. The summed E-state index contributed by atoms with van der Waals surface area (Å²) in [6.45, 7) is 0.793. The van der Waals surface area contributed by atoms with Crippen molar-refractivity contribution < 1.29 is 4.79 Å². The quantitative estimate of drug-likeness (QED) is 0.874. The van der Waals surface area contributed by atoms with Gasteiger partial charge in [0.25, 0.3) is 0 Å². The van der Waals surface area contributed by atoms with E-state index in [0.717, 1.165) is 23.4 Å². The molecule has 3 nitrogen and oxygen atoms in total. The third-order valence-electron chi connectivity index (χ3n) is 3.36. The number of hydrogen-bond donors (Lipinski definition) is 1. The summed E-state index contributed by atoms with van der Waals surface area (Å²) in [7, 11) is 4.02. The predicted molar refractivity (Wildman–Crippen MR) is 92.2 cm³/mol. The maximum Gasteiger partial charge on any atom is 0.224 e. The number of anilines is 1. The van der Waals surface area contributed by atoms with Crippen LogP contribution in [0.25, 0.3) is 0 Å². The summed E-state index contributed by atoms with van der Waals surface area (Å²) in [6, 6.07) is 15.5. The van der Waals surface area contributed by atoms with Crippen LogP contribution in [0, 0.1) is 0 Å². The summed E-state index contributed by atoms with van der Waals surface area (Å²) < 4.78 is 0. The lowest BCUT2D eigenvalue weighted by Crippen LogP contribution is -2.16. The summed E-state index contributed by atoms with van der Waals surface area (Å²) in [5, 5.41) is 3.71. The van der Waals surface area contributed by atoms with Gasteiger partial charge in [-0.1, -0.05) is 48.0 Å². The number of nitrogens with zero attached hydrogens (tertiary/aromatic N) is 1. The topological polar surface area (TPSA) is 32.3 Å². The van der Waals surface area contributed by atoms with Crippen molar-refractivity contribution in [2.75, 3.05) is 19.4 Å². The van der Waals surface area contributed by atoms with E-state index in [0.29, 0.717) is 17.9 Å². The fourth-order valence-electron chi connectivity index (χ4n) is 2.28. The van der Waals surface area contributed by atoms with Gasteiger partial charge in [0, 0.05) is 23.7 Å². The minimum absolute atomic E-state index is 0.00567. The Kier molecular flexibility index (Phi) is 5.99. The number of para-hydroxylation sites is 1. The van der Waals surface area contributed by atoms with E-state index in [9.17, 15) is 4.79 Å². The Morgan fingerprint density at radius 1 is 1.05 bits per heavy atom. The number of nitrogens with one attached hydrogen (secondary N) is 1. The third-order valence-corrected chi connectivity index (χ3v) is 3.73. The first-order chi connectivity index (χ1) is 10.6. The summed E-state index contributed by atoms with van der Waals surface area (Å²) in [4.78, 5) is 14.2. The standard InChI is InChI=1S/C18H21ClN2O/c1-21(2)13-15-8-4-6-10-17(15)20-18(22)12-11-14-7-3-5-9-16(14)19/h3-10H,11-13H2,1-2H3,(H,20,22). The maximum absolute atomic E-state index is 12.2. The summed E-state index contributed by atoms with van der Waals surface area (Å²) in [5.41, 5.74) is 2.99. The molecule has 0 bridgehead atoms. The number of hydrogen-bond acceptors (Lipinski definition) is 2. The molecular weight excluding hydrogens is 296 g/mol. The molecule has 0 aliphatic rings. The summed E-state index contributed by atoms with van der Waals surface area (Å²) in [6.07, 6.45) is 1.06. The minimum atomic E-state index is 0.00567. The zero-order valence-electron chi connectivity index (χ0n) is 13.0. The molecule has 2 aromatic rings. The average Bonchev–Trinajstić information content (AvgIpc) is 2.48. The first kappa shape index (κ1) is 16.5. The number of benzene rings is 2. The van der Waals surface area contributed by atoms with Gasteiger partial charge in [-0.15, -0.1) is 0 Å². The number of carbonyl (C=O) groups excluding carboxylic acids is 1. The highest BCUT2D eigenvalue weighted by Crippen LogP contribution is 2.19. The highest BCUT2D eigenvalue weighted by atomic mass is 35.5. The van der Waals surface area contributed by atoms with Gasteiger partial charge in [0.05, 0.1) is 0 Å². The van der Waals surface area contributed by atoms with Crippen molar-refractivity contribution in [3.05, 3.63) is 64.7 Å². The summed E-state index contributed by atoms with van der Waals surface area (Å²) >= 11 is 6.11. The molecule has 0 atom stereocenters. The van der Waals surface area contributed by atoms with Crippen molar-refractivity contribution in [1.82, 2.24) is 4.90 Å². The monoisotopic (exact) mass is 316 g/mol. The van der Waals surface area contributed by atoms with Crippen LogP contribution in [0.1, 0.15) is 17.5 Å². The Morgan fingerprint density at radius 2 is 1.68 bits per heavy atom. The van der Waals surface area contributed by atoms with Crippen LogP contribution in [0.15, 0.2) is 48.5 Å². The predicted octanol–water partition coefficient (Wildman–Crippen LogP) is 3.97. The van der Waals surface area contributed by atoms with Gasteiger partial charge < -0.3 is 10.2 Å². The van der Waals surface area contributed by atoms with E-state index in [-0.39, 0.29) is 5.91 Å². The van der Waals surface area contributed by atoms with Crippen LogP contribution in [0.5, 0.6) is 0 Å². The normalized spacial score (nSPS) is 10.7. The molecule has 0 aliphatic carbocycles. The third kappa shape index (κ3) is 4.86. The fourth-order valence-corrected chi connectivity index (χ4v) is 2.51. The number of aryl methyl sites for hydroxylation is 1. The van der Waals surface area contributed by atoms with E-state index in [4.69, 9.17) is 11.6 Å². The van der Waals surface area contributed by atoms with Crippen LogP contribution in [-0.2, 0) is 17.8 Å². The molecule has 1 amide bonds. The Morgan fingerprint density at radius 3 is 2.36 bits per heavy atom. The lowest BCUT2D eigenvalue weighted by Gasteiger charge is -2.15. The molecule has 116 valence electrons. The average molecular weight is 317 g/mol. The molecule has 0 aromatic heterocycles. The Labute approximate surface area is 136 Å². The molecule has 0 aliphatic heterocycles. The van der Waals surface area contributed by atoms with Gasteiger partial charge in [-0.25, -0.2) is 0 Å². The van der Waals surface area contributed by atoms with Crippen LogP contribution in [0.2, 0.25) is 5.02 Å². The molecule has 2 aromatic carbocycles. The van der Waals surface area contributed by atoms with Crippen LogP contribution >= 0.6 is 11.6 Å². The van der Waals surface area contributed by atoms with Gasteiger partial charge in [-0.05, 0) is 43.8 Å². The van der Waals surface area contributed by atoms with Gasteiger partial charge in [0.1, 0.15) is 0 Å². The molecule has 0 saturated heterocycles. The van der Waals surface area contributed by atoms with Gasteiger partial charge >= 0.3 is 0 Å². The lowest BCUT2D eigenvalue weighted by molar-refractivity contribution is -0.116. The second-order valence-corrected chi connectivity index (χ2v) is 5.94. The molecule has 0 spiro atoms. The molecule has 0 saturated carbocycles. The maximum atomic E-state index is 12.2. The highest BCUT2D eigenvalue weighted by Gasteiger charge is 2.08. The van der Waals surface area contributed by atoms with E-state index in [2.05, 4.69) is 10.2 Å².